The van der Waals surface area contributed by atoms with E-state index in [0.717, 1.165) is 0 Å². The SMILES string of the molecule is CC1OC(OC2C(CO)OC(OC3C(O)C(N)CC(N)C3OC3OC(CO)CC(O)C3N)C2O)C(N)C(O)C1OC1OC(CO)C(O)C(O)C1O. The second-order valence-electron chi connectivity index (χ2n) is 13.8. The Balaban J connectivity index is 1.25. The van der Waals surface area contributed by atoms with E-state index < -0.39 is 161 Å². The summed E-state index contributed by atoms with van der Waals surface area (Å²) < 4.78 is 46.3. The van der Waals surface area contributed by atoms with Gasteiger partial charge in [-0.25, -0.2) is 0 Å². The van der Waals surface area contributed by atoms with Gasteiger partial charge in [0.1, 0.15) is 67.1 Å². The first-order valence-electron chi connectivity index (χ1n) is 17.0. The van der Waals surface area contributed by atoms with Crippen LogP contribution in [0.4, 0.5) is 0 Å². The average molecular weight is 747 g/mol. The van der Waals surface area contributed by atoms with Gasteiger partial charge in [-0.3, -0.25) is 0 Å². The van der Waals surface area contributed by atoms with Gasteiger partial charge in [0.05, 0.1) is 56.3 Å². The standard InChI is InChI=1S/C29H54N4O18/c1-7-22(48-28-20(42)19(41)17(39)12(5-35)46-28)18(40)15(33)27(44-7)50-24-13(6-36)47-29(21(24)43)51-25-16(38)9(30)3-10(31)23(25)49-26-14(32)11(37)2-8(4-34)45-26/h7-29,34-43H,2-6,30-33H2,1H3. The van der Waals surface area contributed by atoms with Gasteiger partial charge < -0.3 is 112 Å². The van der Waals surface area contributed by atoms with Gasteiger partial charge >= 0.3 is 0 Å². The van der Waals surface area contributed by atoms with Crippen LogP contribution in [0.25, 0.3) is 0 Å². The van der Waals surface area contributed by atoms with Crippen LogP contribution >= 0.6 is 0 Å². The summed E-state index contributed by atoms with van der Waals surface area (Å²) in [6.07, 6.45) is -26.1. The summed E-state index contributed by atoms with van der Waals surface area (Å²) in [4.78, 5) is 0. The second kappa shape index (κ2) is 17.3. The molecule has 1 saturated carbocycles. The molecule has 4 aliphatic heterocycles. The molecule has 0 aromatic carbocycles. The van der Waals surface area contributed by atoms with Gasteiger partial charge in [-0.2, -0.15) is 0 Å². The van der Waals surface area contributed by atoms with Crippen LogP contribution in [0, 0.1) is 0 Å². The van der Waals surface area contributed by atoms with E-state index in [1.807, 2.05) is 0 Å². The van der Waals surface area contributed by atoms with Crippen LogP contribution in [-0.4, -0.2) is 212 Å². The van der Waals surface area contributed by atoms with Gasteiger partial charge in [-0.15, -0.1) is 0 Å². The molecule has 0 spiro atoms. The molecular formula is C29H54N4O18. The molecule has 0 bridgehead atoms. The van der Waals surface area contributed by atoms with E-state index in [0.29, 0.717) is 0 Å². The maximum atomic E-state index is 11.3. The zero-order chi connectivity index (χ0) is 37.5. The molecule has 18 N–H and O–H groups in total. The lowest BCUT2D eigenvalue weighted by atomic mass is 9.84. The third-order valence-electron chi connectivity index (χ3n) is 10.2. The molecule has 22 heteroatoms. The van der Waals surface area contributed by atoms with Crippen molar-refractivity contribution in [2.45, 2.75) is 161 Å². The fourth-order valence-corrected chi connectivity index (χ4v) is 7.07. The fraction of sp³-hybridized carbons (Fsp3) is 1.00. The number of nitrogens with two attached hydrogens (primary N) is 4. The molecule has 5 fully saturated rings. The van der Waals surface area contributed by atoms with E-state index >= 15 is 0 Å². The van der Waals surface area contributed by atoms with E-state index in [1.54, 1.807) is 0 Å². The van der Waals surface area contributed by atoms with Gasteiger partial charge in [-0.1, -0.05) is 0 Å². The first kappa shape index (κ1) is 41.3. The third-order valence-corrected chi connectivity index (χ3v) is 10.2. The molecule has 298 valence electrons. The highest BCUT2D eigenvalue weighted by atomic mass is 16.8. The molecular weight excluding hydrogens is 692 g/mol. The average Bonchev–Trinajstić information content (AvgIpc) is 3.40. The molecule has 0 aromatic heterocycles. The van der Waals surface area contributed by atoms with Crippen molar-refractivity contribution in [1.82, 2.24) is 0 Å². The van der Waals surface area contributed by atoms with Gasteiger partial charge in [-0.05, 0) is 13.3 Å². The van der Waals surface area contributed by atoms with Crippen molar-refractivity contribution in [1.29, 1.82) is 0 Å². The fourth-order valence-electron chi connectivity index (χ4n) is 7.07. The largest absolute Gasteiger partial charge is 0.394 e. The van der Waals surface area contributed by atoms with Crippen molar-refractivity contribution in [2.24, 2.45) is 22.9 Å². The molecule has 1 aliphatic carbocycles. The van der Waals surface area contributed by atoms with E-state index in [2.05, 4.69) is 0 Å². The van der Waals surface area contributed by atoms with Crippen molar-refractivity contribution in [3.63, 3.8) is 0 Å². The lowest BCUT2D eigenvalue weighted by Crippen LogP contribution is -2.66. The third kappa shape index (κ3) is 8.52. The molecule has 22 nitrogen and oxygen atoms in total. The highest BCUT2D eigenvalue weighted by molar-refractivity contribution is 5.02. The molecule has 5 rings (SSSR count). The van der Waals surface area contributed by atoms with Crippen LogP contribution in [0.2, 0.25) is 0 Å². The minimum Gasteiger partial charge on any atom is -0.394 e. The molecule has 0 aromatic rings. The van der Waals surface area contributed by atoms with Crippen LogP contribution in [0.15, 0.2) is 0 Å². The van der Waals surface area contributed by atoms with Crippen molar-refractivity contribution in [3.05, 3.63) is 0 Å². The number of aliphatic hydroxyl groups is 10. The van der Waals surface area contributed by atoms with Crippen LogP contribution in [-0.2, 0) is 37.9 Å². The van der Waals surface area contributed by atoms with Crippen LogP contribution < -0.4 is 22.9 Å². The zero-order valence-corrected chi connectivity index (χ0v) is 27.9. The maximum Gasteiger partial charge on any atom is 0.187 e. The Morgan fingerprint density at radius 2 is 1.06 bits per heavy atom. The summed E-state index contributed by atoms with van der Waals surface area (Å²) in [7, 11) is 0. The lowest BCUT2D eigenvalue weighted by Gasteiger charge is -2.46. The summed E-state index contributed by atoms with van der Waals surface area (Å²) >= 11 is 0. The number of hydrogen-bond acceptors (Lipinski definition) is 22. The molecule has 5 aliphatic rings. The van der Waals surface area contributed by atoms with Crippen LogP contribution in [0.3, 0.4) is 0 Å². The molecule has 4 saturated heterocycles. The molecule has 23 unspecified atom stereocenters. The van der Waals surface area contributed by atoms with E-state index in [9.17, 15) is 51.1 Å². The molecule has 0 radical (unpaired) electrons. The summed E-state index contributed by atoms with van der Waals surface area (Å²) in [5.74, 6) is 0. The Bertz CT molecular complexity index is 1110. The summed E-state index contributed by atoms with van der Waals surface area (Å²) in [5, 5.41) is 104. The molecule has 23 atom stereocenters. The van der Waals surface area contributed by atoms with Crippen molar-refractivity contribution >= 4 is 0 Å². The van der Waals surface area contributed by atoms with Crippen molar-refractivity contribution in [3.8, 4) is 0 Å². The monoisotopic (exact) mass is 746 g/mol. The summed E-state index contributed by atoms with van der Waals surface area (Å²) in [6, 6.07) is -4.16. The first-order chi connectivity index (χ1) is 24.1. The van der Waals surface area contributed by atoms with Crippen LogP contribution in [0.5, 0.6) is 0 Å². The van der Waals surface area contributed by atoms with Crippen molar-refractivity contribution in [2.75, 3.05) is 19.8 Å². The minimum atomic E-state index is -1.76. The highest BCUT2D eigenvalue weighted by Gasteiger charge is 2.55. The predicted molar refractivity (Wildman–Crippen MR) is 164 cm³/mol. The number of rotatable bonds is 11. The first-order valence-corrected chi connectivity index (χ1v) is 17.0. The molecule has 51 heavy (non-hydrogen) atoms. The molecule has 0 amide bonds. The lowest BCUT2D eigenvalue weighted by molar-refractivity contribution is -0.347. The maximum absolute atomic E-state index is 11.3. The van der Waals surface area contributed by atoms with E-state index in [1.165, 1.54) is 6.92 Å². The van der Waals surface area contributed by atoms with E-state index in [4.69, 9.17) is 60.8 Å². The smallest absolute Gasteiger partial charge is 0.187 e. The Hall–Kier alpha value is -0.880. The molecule has 4 heterocycles. The topological polar surface area (TPSA) is 380 Å². The normalized spacial score (nSPS) is 54.1. The quantitative estimate of drug-likeness (QED) is 0.0933. The Kier molecular flexibility index (Phi) is 14.0. The minimum absolute atomic E-state index is 0.0593. The summed E-state index contributed by atoms with van der Waals surface area (Å²) in [5.41, 5.74) is 24.8. The van der Waals surface area contributed by atoms with Crippen molar-refractivity contribution < 1.29 is 89.0 Å². The highest BCUT2D eigenvalue weighted by Crippen LogP contribution is 2.35. The van der Waals surface area contributed by atoms with E-state index in [-0.39, 0.29) is 12.8 Å². The number of aliphatic hydroxyl groups excluding tert-OH is 10. The number of ether oxygens (including phenoxy) is 8. The zero-order valence-electron chi connectivity index (χ0n) is 27.9. The Labute approximate surface area is 292 Å². The number of hydrogen-bond donors (Lipinski definition) is 14. The van der Waals surface area contributed by atoms with Crippen LogP contribution in [0.1, 0.15) is 19.8 Å². The summed E-state index contributed by atoms with van der Waals surface area (Å²) in [6.45, 7) is -0.344. The van der Waals surface area contributed by atoms with Gasteiger partial charge in [0.15, 0.2) is 25.2 Å². The van der Waals surface area contributed by atoms with Gasteiger partial charge in [0, 0.05) is 18.5 Å². The predicted octanol–water partition coefficient (Wildman–Crippen LogP) is -8.95. The van der Waals surface area contributed by atoms with Gasteiger partial charge in [0.2, 0.25) is 0 Å². The van der Waals surface area contributed by atoms with Gasteiger partial charge in [0.25, 0.3) is 0 Å². The Morgan fingerprint density at radius 1 is 0.490 bits per heavy atom. The second-order valence-corrected chi connectivity index (χ2v) is 13.8. The Morgan fingerprint density at radius 3 is 1.71 bits per heavy atom.